The molecule has 0 spiro atoms. The summed E-state index contributed by atoms with van der Waals surface area (Å²) in [6.45, 7) is 4.24. The van der Waals surface area contributed by atoms with Crippen molar-refractivity contribution in [1.29, 1.82) is 0 Å². The lowest BCUT2D eigenvalue weighted by Gasteiger charge is -2.18. The lowest BCUT2D eigenvalue weighted by atomic mass is 10.2. The third-order valence-corrected chi connectivity index (χ3v) is 3.25. The summed E-state index contributed by atoms with van der Waals surface area (Å²) in [6.07, 6.45) is 6.34. The fraction of sp³-hybridized carbons (Fsp3) is 1.00. The van der Waals surface area contributed by atoms with Gasteiger partial charge in [0.25, 0.3) is 0 Å². The van der Waals surface area contributed by atoms with Crippen LogP contribution in [0.5, 0.6) is 0 Å². The maximum absolute atomic E-state index is 5.56. The largest absolute Gasteiger partial charge is 0.377 e. The first-order valence-electron chi connectivity index (χ1n) is 5.20. The van der Waals surface area contributed by atoms with Crippen LogP contribution in [0.3, 0.4) is 0 Å². The fourth-order valence-corrected chi connectivity index (χ4v) is 2.38. The molecule has 0 amide bonds. The normalized spacial score (nSPS) is 24.9. The second kappa shape index (κ2) is 6.68. The van der Waals surface area contributed by atoms with Crippen molar-refractivity contribution >= 4 is 11.8 Å². The molecule has 2 atom stereocenters. The van der Waals surface area contributed by atoms with Gasteiger partial charge in [0.1, 0.15) is 0 Å². The van der Waals surface area contributed by atoms with Gasteiger partial charge in [0.05, 0.1) is 6.10 Å². The van der Waals surface area contributed by atoms with E-state index in [0.29, 0.717) is 12.1 Å². The molecule has 1 N–H and O–H groups in total. The van der Waals surface area contributed by atoms with E-state index < -0.39 is 0 Å². The van der Waals surface area contributed by atoms with E-state index in [9.17, 15) is 0 Å². The van der Waals surface area contributed by atoms with Crippen LogP contribution in [-0.2, 0) is 4.74 Å². The molecule has 0 radical (unpaired) electrons. The van der Waals surface area contributed by atoms with Crippen LogP contribution < -0.4 is 5.32 Å². The SMILES string of the molecule is CCC(CSC)NCC1CCCO1. The standard InChI is InChI=1S/C10H21NOS/c1-3-9(8-13-2)11-7-10-5-4-6-12-10/h9-11H,3-8H2,1-2H3. The van der Waals surface area contributed by atoms with Crippen molar-refractivity contribution in [2.75, 3.05) is 25.2 Å². The lowest BCUT2D eigenvalue weighted by molar-refractivity contribution is 0.108. The van der Waals surface area contributed by atoms with E-state index in [1.54, 1.807) is 0 Å². The summed E-state index contributed by atoms with van der Waals surface area (Å²) in [4.78, 5) is 0. The Balaban J connectivity index is 2.07. The smallest absolute Gasteiger partial charge is 0.0700 e. The molecule has 1 heterocycles. The first kappa shape index (κ1) is 11.3. The summed E-state index contributed by atoms with van der Waals surface area (Å²) in [5, 5.41) is 3.57. The zero-order valence-electron chi connectivity index (χ0n) is 8.71. The maximum atomic E-state index is 5.56. The van der Waals surface area contributed by atoms with Gasteiger partial charge in [-0.1, -0.05) is 6.92 Å². The van der Waals surface area contributed by atoms with Crippen LogP contribution in [0.2, 0.25) is 0 Å². The van der Waals surface area contributed by atoms with Gasteiger partial charge in [0, 0.05) is 24.9 Å². The molecule has 0 aromatic rings. The second-order valence-electron chi connectivity index (χ2n) is 3.60. The lowest BCUT2D eigenvalue weighted by Crippen LogP contribution is -2.36. The molecule has 1 rings (SSSR count). The van der Waals surface area contributed by atoms with E-state index >= 15 is 0 Å². The van der Waals surface area contributed by atoms with Gasteiger partial charge in [-0.15, -0.1) is 0 Å². The van der Waals surface area contributed by atoms with Gasteiger partial charge in [-0.05, 0) is 25.5 Å². The number of hydrogen-bond acceptors (Lipinski definition) is 3. The molecule has 1 fully saturated rings. The Hall–Kier alpha value is 0.270. The summed E-state index contributed by atoms with van der Waals surface area (Å²) in [6, 6.07) is 0.666. The number of nitrogens with one attached hydrogen (secondary N) is 1. The summed E-state index contributed by atoms with van der Waals surface area (Å²) < 4.78 is 5.56. The molecular formula is C10H21NOS. The molecule has 13 heavy (non-hydrogen) atoms. The third-order valence-electron chi connectivity index (χ3n) is 2.52. The van der Waals surface area contributed by atoms with Crippen molar-refractivity contribution in [2.24, 2.45) is 0 Å². The van der Waals surface area contributed by atoms with Crippen LogP contribution >= 0.6 is 11.8 Å². The molecule has 3 heteroatoms. The Morgan fingerprint density at radius 2 is 2.46 bits per heavy atom. The molecule has 1 saturated heterocycles. The quantitative estimate of drug-likeness (QED) is 0.712. The highest BCUT2D eigenvalue weighted by atomic mass is 32.2. The van der Waals surface area contributed by atoms with E-state index in [2.05, 4.69) is 18.5 Å². The fourth-order valence-electron chi connectivity index (χ4n) is 1.63. The minimum atomic E-state index is 0.482. The molecule has 0 saturated carbocycles. The van der Waals surface area contributed by atoms with Crippen molar-refractivity contribution in [2.45, 2.75) is 38.3 Å². The van der Waals surface area contributed by atoms with Crippen molar-refractivity contribution in [3.8, 4) is 0 Å². The minimum Gasteiger partial charge on any atom is -0.377 e. The van der Waals surface area contributed by atoms with E-state index in [-0.39, 0.29) is 0 Å². The molecule has 0 aliphatic carbocycles. The van der Waals surface area contributed by atoms with E-state index in [1.807, 2.05) is 11.8 Å². The minimum absolute atomic E-state index is 0.482. The van der Waals surface area contributed by atoms with Crippen LogP contribution in [0.15, 0.2) is 0 Å². The van der Waals surface area contributed by atoms with E-state index in [4.69, 9.17) is 4.74 Å². The highest BCUT2D eigenvalue weighted by Gasteiger charge is 2.16. The van der Waals surface area contributed by atoms with Crippen molar-refractivity contribution < 1.29 is 4.74 Å². The Morgan fingerprint density at radius 1 is 1.62 bits per heavy atom. The topological polar surface area (TPSA) is 21.3 Å². The Kier molecular flexibility index (Phi) is 5.83. The summed E-state index contributed by atoms with van der Waals surface area (Å²) in [5.41, 5.74) is 0. The zero-order chi connectivity index (χ0) is 9.52. The zero-order valence-corrected chi connectivity index (χ0v) is 9.53. The summed E-state index contributed by atoms with van der Waals surface area (Å²) in [5.74, 6) is 1.21. The van der Waals surface area contributed by atoms with Gasteiger partial charge >= 0.3 is 0 Å². The number of ether oxygens (including phenoxy) is 1. The monoisotopic (exact) mass is 203 g/mol. The second-order valence-corrected chi connectivity index (χ2v) is 4.51. The van der Waals surface area contributed by atoms with Crippen LogP contribution in [0.4, 0.5) is 0 Å². The average Bonchev–Trinajstić information content (AvgIpc) is 2.64. The van der Waals surface area contributed by atoms with Crippen LogP contribution in [0, 0.1) is 0 Å². The van der Waals surface area contributed by atoms with Crippen LogP contribution in [-0.4, -0.2) is 37.3 Å². The van der Waals surface area contributed by atoms with Gasteiger partial charge in [-0.2, -0.15) is 11.8 Å². The van der Waals surface area contributed by atoms with Crippen molar-refractivity contribution in [3.63, 3.8) is 0 Å². The highest BCUT2D eigenvalue weighted by Crippen LogP contribution is 2.11. The molecule has 2 unspecified atom stereocenters. The first-order valence-corrected chi connectivity index (χ1v) is 6.60. The third kappa shape index (κ3) is 4.34. The van der Waals surface area contributed by atoms with Gasteiger partial charge in [0.2, 0.25) is 0 Å². The highest BCUT2D eigenvalue weighted by molar-refractivity contribution is 7.98. The molecule has 0 aromatic carbocycles. The average molecular weight is 203 g/mol. The van der Waals surface area contributed by atoms with E-state index in [0.717, 1.165) is 13.2 Å². The molecule has 2 nitrogen and oxygen atoms in total. The maximum Gasteiger partial charge on any atom is 0.0700 e. The molecule has 1 aliphatic rings. The number of thioether (sulfide) groups is 1. The van der Waals surface area contributed by atoms with Crippen molar-refractivity contribution in [3.05, 3.63) is 0 Å². The molecule has 0 bridgehead atoms. The van der Waals surface area contributed by atoms with Gasteiger partial charge in [-0.3, -0.25) is 0 Å². The Morgan fingerprint density at radius 3 is 3.00 bits per heavy atom. The number of rotatable bonds is 6. The Bertz CT molecular complexity index is 126. The molecule has 0 aromatic heterocycles. The van der Waals surface area contributed by atoms with Crippen LogP contribution in [0.25, 0.3) is 0 Å². The predicted octanol–water partition coefficient (Wildman–Crippen LogP) is 1.90. The number of hydrogen-bond donors (Lipinski definition) is 1. The summed E-state index contributed by atoms with van der Waals surface area (Å²) in [7, 11) is 0. The molecular weight excluding hydrogens is 182 g/mol. The molecule has 1 aliphatic heterocycles. The first-order chi connectivity index (χ1) is 6.36. The van der Waals surface area contributed by atoms with Gasteiger partial charge < -0.3 is 10.1 Å². The Labute approximate surface area is 85.8 Å². The predicted molar refractivity (Wildman–Crippen MR) is 59.4 cm³/mol. The van der Waals surface area contributed by atoms with Crippen molar-refractivity contribution in [1.82, 2.24) is 5.32 Å². The summed E-state index contributed by atoms with van der Waals surface area (Å²) >= 11 is 1.91. The van der Waals surface area contributed by atoms with Gasteiger partial charge in [-0.25, -0.2) is 0 Å². The van der Waals surface area contributed by atoms with E-state index in [1.165, 1.54) is 25.0 Å². The van der Waals surface area contributed by atoms with Gasteiger partial charge in [0.15, 0.2) is 0 Å². The van der Waals surface area contributed by atoms with Crippen LogP contribution in [0.1, 0.15) is 26.2 Å². The molecule has 78 valence electrons.